The number of fused-ring (bicyclic) bond motifs is 11. The van der Waals surface area contributed by atoms with E-state index in [2.05, 4.69) is 277 Å². The van der Waals surface area contributed by atoms with E-state index < -0.39 is 0 Å². The number of hydrogen-bond donors (Lipinski definition) is 0. The molecule has 0 saturated heterocycles. The molecule has 3 aliphatic carbocycles. The third-order valence-corrected chi connectivity index (χ3v) is 19.5. The lowest BCUT2D eigenvalue weighted by molar-refractivity contribution is 0.337. The lowest BCUT2D eigenvalue weighted by Gasteiger charge is -2.37. The average molecular weight is 1080 g/mol. The molecule has 0 aliphatic heterocycles. The van der Waals surface area contributed by atoms with Crippen LogP contribution < -0.4 is 0 Å². The van der Waals surface area contributed by atoms with Crippen molar-refractivity contribution in [3.63, 3.8) is 0 Å². The summed E-state index contributed by atoms with van der Waals surface area (Å²) in [6.07, 6.45) is 6.75. The molecule has 0 radical (unpaired) electrons. The molecule has 0 fully saturated rings. The van der Waals surface area contributed by atoms with E-state index in [1.165, 1.54) is 133 Å². The van der Waals surface area contributed by atoms with Gasteiger partial charge in [-0.25, -0.2) is 0 Å². The van der Waals surface area contributed by atoms with Gasteiger partial charge in [-0.2, -0.15) is 0 Å². The van der Waals surface area contributed by atoms with Gasteiger partial charge in [-0.05, 0) is 255 Å². The summed E-state index contributed by atoms with van der Waals surface area (Å²) in [4.78, 5) is 0. The summed E-state index contributed by atoms with van der Waals surface area (Å²) < 4.78 is 0. The van der Waals surface area contributed by atoms with E-state index in [0.717, 1.165) is 38.5 Å². The second kappa shape index (κ2) is 21.1. The first kappa shape index (κ1) is 54.9. The van der Waals surface area contributed by atoms with Crippen molar-refractivity contribution in [1.82, 2.24) is 0 Å². The maximum Gasteiger partial charge on any atom is 0.0220 e. The van der Waals surface area contributed by atoms with Gasteiger partial charge in [-0.3, -0.25) is 0 Å². The zero-order valence-electron chi connectivity index (χ0n) is 51.7. The van der Waals surface area contributed by atoms with Crippen LogP contribution in [0.3, 0.4) is 0 Å². The number of rotatable bonds is 16. The Morgan fingerprint density at radius 2 is 0.422 bits per heavy atom. The van der Waals surface area contributed by atoms with E-state index in [4.69, 9.17) is 0 Å². The van der Waals surface area contributed by atoms with Gasteiger partial charge in [0.1, 0.15) is 0 Å². The highest BCUT2D eigenvalue weighted by molar-refractivity contribution is 5.95. The van der Waals surface area contributed by atoms with Gasteiger partial charge in [0.05, 0.1) is 0 Å². The van der Waals surface area contributed by atoms with Crippen molar-refractivity contribution < 1.29 is 0 Å². The Balaban J connectivity index is 0.884. The molecule has 83 heavy (non-hydrogen) atoms. The van der Waals surface area contributed by atoms with E-state index >= 15 is 0 Å². The third kappa shape index (κ3) is 9.43. The molecule has 0 atom stereocenters. The predicted octanol–water partition coefficient (Wildman–Crippen LogP) is 23.7. The molecule has 0 N–H and O–H groups in total. The highest BCUT2D eigenvalue weighted by atomic mass is 14.5. The van der Waals surface area contributed by atoms with Crippen molar-refractivity contribution in [2.75, 3.05) is 0 Å². The molecular formula is C83H86. The third-order valence-electron chi connectivity index (χ3n) is 19.5. The van der Waals surface area contributed by atoms with Gasteiger partial charge in [-0.15, -0.1) is 0 Å². The molecule has 0 spiro atoms. The molecule has 0 amide bonds. The molecule has 0 heteroatoms. The maximum atomic E-state index is 2.65. The minimum absolute atomic E-state index is 0.00299. The minimum atomic E-state index is -0.115. The Kier molecular flexibility index (Phi) is 14.0. The molecule has 0 bridgehead atoms. The topological polar surface area (TPSA) is 0 Å². The SMILES string of the molecule is CC(C)CC1(CC(C)C)c2ccccc2-c2ccc(-c3ccc4c(c3)C(CC(C)C)(CC(C)C)c3cc(-c5ccc6c(c5)C(CC(C)C)(CC(C)C)c5cc(-c7ccc8cc(-c9ccc%10ccccc%10c9)ccc8c7)ccc5-6)ccc3-4)cc21. The van der Waals surface area contributed by atoms with Crippen molar-refractivity contribution in [2.24, 2.45) is 35.5 Å². The molecule has 0 unspecified atom stereocenters. The van der Waals surface area contributed by atoms with Crippen LogP contribution in [-0.4, -0.2) is 0 Å². The highest BCUT2D eigenvalue weighted by Crippen LogP contribution is 2.60. The summed E-state index contributed by atoms with van der Waals surface area (Å²) in [5.74, 6) is 3.23. The molecular weight excluding hydrogens is 997 g/mol. The molecule has 10 aromatic carbocycles. The van der Waals surface area contributed by atoms with E-state index in [0.29, 0.717) is 35.5 Å². The van der Waals surface area contributed by atoms with Gasteiger partial charge in [0.15, 0.2) is 0 Å². The van der Waals surface area contributed by atoms with Gasteiger partial charge in [-0.1, -0.05) is 229 Å². The van der Waals surface area contributed by atoms with Gasteiger partial charge >= 0.3 is 0 Å². The fourth-order valence-electron chi connectivity index (χ4n) is 17.1. The lowest BCUT2D eigenvalue weighted by atomic mass is 9.66. The van der Waals surface area contributed by atoms with Crippen LogP contribution in [0.1, 0.15) is 155 Å². The monoisotopic (exact) mass is 1080 g/mol. The zero-order valence-corrected chi connectivity index (χ0v) is 51.7. The molecule has 418 valence electrons. The molecule has 0 nitrogen and oxygen atoms in total. The second-order valence-corrected chi connectivity index (χ2v) is 28.5. The molecule has 0 aromatic heterocycles. The fraction of sp³-hybridized carbons (Fsp3) is 0.325. The van der Waals surface area contributed by atoms with Crippen LogP contribution in [0.5, 0.6) is 0 Å². The summed E-state index contributed by atoms with van der Waals surface area (Å²) in [6, 6.07) is 76.6. The van der Waals surface area contributed by atoms with Gasteiger partial charge in [0, 0.05) is 16.2 Å². The Labute approximate surface area is 497 Å². The van der Waals surface area contributed by atoms with Crippen LogP contribution in [0.4, 0.5) is 0 Å². The van der Waals surface area contributed by atoms with Crippen molar-refractivity contribution in [3.05, 3.63) is 228 Å². The average Bonchev–Trinajstić information content (AvgIpc) is 1.80. The molecule has 13 rings (SSSR count). The van der Waals surface area contributed by atoms with Crippen LogP contribution >= 0.6 is 0 Å². The summed E-state index contributed by atoms with van der Waals surface area (Å²) >= 11 is 0. The van der Waals surface area contributed by atoms with E-state index in [1.807, 2.05) is 0 Å². The van der Waals surface area contributed by atoms with Crippen LogP contribution in [-0.2, 0) is 16.2 Å². The standard InChI is InChI=1S/C83H86/c1-51(2)45-81(46-52(3)4)75-20-16-15-19-69(75)70-32-28-65(41-76(70)81)66-29-34-73-74-36-31-68(44-80(74)83(49-55(9)10,50-56(11)12)79(73)42-66)67-30-35-72-71-33-27-64(40-77(71)82(47-53(5)6,48-54(7)8)78(72)43-67)63-26-25-61-38-60(23-24-62(61)39-63)59-22-21-57-17-13-14-18-58(57)37-59/h13-44,51-56H,45-50H2,1-12H3. The van der Waals surface area contributed by atoms with E-state index in [-0.39, 0.29) is 16.2 Å². The minimum Gasteiger partial charge on any atom is -0.0627 e. The van der Waals surface area contributed by atoms with Gasteiger partial charge in [0.25, 0.3) is 0 Å². The van der Waals surface area contributed by atoms with Crippen LogP contribution in [0.2, 0.25) is 0 Å². The van der Waals surface area contributed by atoms with E-state index in [1.54, 1.807) is 0 Å². The number of hydrogen-bond acceptors (Lipinski definition) is 0. The maximum absolute atomic E-state index is 2.65. The van der Waals surface area contributed by atoms with Crippen LogP contribution in [0.25, 0.3) is 99.4 Å². The highest BCUT2D eigenvalue weighted by Gasteiger charge is 2.47. The second-order valence-electron chi connectivity index (χ2n) is 28.5. The predicted molar refractivity (Wildman–Crippen MR) is 359 cm³/mol. The summed E-state index contributed by atoms with van der Waals surface area (Å²) in [7, 11) is 0. The molecule has 3 aliphatic rings. The Morgan fingerprint density at radius 3 is 0.735 bits per heavy atom. The first-order chi connectivity index (χ1) is 39.9. The lowest BCUT2D eigenvalue weighted by Crippen LogP contribution is -2.30. The van der Waals surface area contributed by atoms with Gasteiger partial charge in [0.2, 0.25) is 0 Å². The first-order valence-corrected chi connectivity index (χ1v) is 31.8. The smallest absolute Gasteiger partial charge is 0.0220 e. The Hall–Kier alpha value is -7.28. The van der Waals surface area contributed by atoms with E-state index in [9.17, 15) is 0 Å². The van der Waals surface area contributed by atoms with Crippen molar-refractivity contribution in [1.29, 1.82) is 0 Å². The van der Waals surface area contributed by atoms with Crippen LogP contribution in [0.15, 0.2) is 194 Å². The Morgan fingerprint density at radius 1 is 0.205 bits per heavy atom. The normalized spacial score (nSPS) is 15.0. The molecule has 10 aromatic rings. The summed E-state index contributed by atoms with van der Waals surface area (Å²) in [5, 5.41) is 5.10. The quantitative estimate of drug-likeness (QED) is 0.0905. The Bertz CT molecular complexity index is 4100. The zero-order chi connectivity index (χ0) is 57.7. The van der Waals surface area contributed by atoms with Crippen LogP contribution in [0, 0.1) is 35.5 Å². The van der Waals surface area contributed by atoms with Crippen molar-refractivity contribution in [3.8, 4) is 77.9 Å². The fourth-order valence-corrected chi connectivity index (χ4v) is 17.1. The van der Waals surface area contributed by atoms with Gasteiger partial charge < -0.3 is 0 Å². The molecule has 0 heterocycles. The van der Waals surface area contributed by atoms with Crippen molar-refractivity contribution >= 4 is 21.5 Å². The number of benzene rings is 10. The summed E-state index contributed by atoms with van der Waals surface area (Å²) in [5.41, 5.74) is 27.8. The first-order valence-electron chi connectivity index (χ1n) is 31.8. The summed E-state index contributed by atoms with van der Waals surface area (Å²) in [6.45, 7) is 29.2. The molecule has 0 saturated carbocycles. The van der Waals surface area contributed by atoms with Crippen molar-refractivity contribution in [2.45, 2.75) is 138 Å². The largest absolute Gasteiger partial charge is 0.0627 e.